The lowest BCUT2D eigenvalue weighted by molar-refractivity contribution is -0.133. The highest BCUT2D eigenvalue weighted by molar-refractivity contribution is 6.04. The van der Waals surface area contributed by atoms with E-state index in [0.717, 1.165) is 37.7 Å². The summed E-state index contributed by atoms with van der Waals surface area (Å²) in [7, 11) is 3.58. The topological polar surface area (TPSA) is 67.8 Å². The van der Waals surface area contributed by atoms with Crippen LogP contribution >= 0.6 is 0 Å². The van der Waals surface area contributed by atoms with Crippen LogP contribution in [0.25, 0.3) is 11.3 Å². The SMILES string of the molecule is COc1cc(-c2nc(Cc3ccc(C4CCN(C)CC4)c(F)c3)ncc2F)cc2c1OC(C)(C)C(=O)N2C(C)C. The second kappa shape index (κ2) is 10.8. The van der Waals surface area contributed by atoms with Gasteiger partial charge >= 0.3 is 0 Å². The quantitative estimate of drug-likeness (QED) is 0.390. The van der Waals surface area contributed by atoms with Crippen LogP contribution in [0.2, 0.25) is 0 Å². The number of aromatic nitrogens is 2. The van der Waals surface area contributed by atoms with Crippen molar-refractivity contribution in [3.8, 4) is 22.8 Å². The van der Waals surface area contributed by atoms with Gasteiger partial charge in [0.05, 0.1) is 19.0 Å². The van der Waals surface area contributed by atoms with Crippen LogP contribution in [0.5, 0.6) is 11.5 Å². The first-order valence-corrected chi connectivity index (χ1v) is 13.7. The van der Waals surface area contributed by atoms with Crippen molar-refractivity contribution in [3.63, 3.8) is 0 Å². The number of rotatable bonds is 6. The van der Waals surface area contributed by atoms with Crippen molar-refractivity contribution in [2.45, 2.75) is 64.5 Å². The lowest BCUT2D eigenvalue weighted by Crippen LogP contribution is -2.54. The average molecular weight is 551 g/mol. The fraction of sp³-hybridized carbons (Fsp3) is 0.452. The molecule has 212 valence electrons. The molecule has 0 aliphatic carbocycles. The number of hydrogen-bond acceptors (Lipinski definition) is 6. The Morgan fingerprint density at radius 3 is 2.50 bits per heavy atom. The van der Waals surface area contributed by atoms with Crippen LogP contribution in [-0.4, -0.2) is 59.7 Å². The number of likely N-dealkylation sites (tertiary alicyclic amines) is 1. The van der Waals surface area contributed by atoms with E-state index < -0.39 is 11.4 Å². The number of nitrogens with zero attached hydrogens (tertiary/aromatic N) is 4. The van der Waals surface area contributed by atoms with E-state index in [0.29, 0.717) is 34.1 Å². The Morgan fingerprint density at radius 2 is 1.85 bits per heavy atom. The highest BCUT2D eigenvalue weighted by atomic mass is 19.1. The third kappa shape index (κ3) is 5.27. The summed E-state index contributed by atoms with van der Waals surface area (Å²) in [6.45, 7) is 9.14. The van der Waals surface area contributed by atoms with E-state index in [1.165, 1.54) is 13.2 Å². The van der Waals surface area contributed by atoms with Crippen LogP contribution in [0.4, 0.5) is 14.5 Å². The smallest absolute Gasteiger partial charge is 0.270 e. The molecule has 1 saturated heterocycles. The molecule has 0 radical (unpaired) electrons. The number of methoxy groups -OCH3 is 1. The van der Waals surface area contributed by atoms with Crippen molar-refractivity contribution in [3.05, 3.63) is 65.1 Å². The monoisotopic (exact) mass is 550 g/mol. The number of hydrogen-bond donors (Lipinski definition) is 0. The largest absolute Gasteiger partial charge is 0.493 e. The molecule has 9 heteroatoms. The average Bonchev–Trinajstić information content (AvgIpc) is 2.90. The maximum Gasteiger partial charge on any atom is 0.270 e. The summed E-state index contributed by atoms with van der Waals surface area (Å²) in [5.41, 5.74) is 1.34. The van der Waals surface area contributed by atoms with Gasteiger partial charge in [-0.3, -0.25) is 4.79 Å². The Balaban J connectivity index is 1.47. The molecule has 0 atom stereocenters. The van der Waals surface area contributed by atoms with Crippen LogP contribution in [-0.2, 0) is 11.2 Å². The number of amides is 1. The van der Waals surface area contributed by atoms with Crippen LogP contribution in [0.15, 0.2) is 36.5 Å². The minimum atomic E-state index is -1.09. The number of ether oxygens (including phenoxy) is 2. The number of anilines is 1. The Hall–Kier alpha value is -3.59. The Kier molecular flexibility index (Phi) is 7.52. The molecule has 0 saturated carbocycles. The first kappa shape index (κ1) is 28.0. The standard InChI is InChI=1S/C31H36F2N4O3/c1-18(2)37-25-15-21(16-26(39-6)29(25)40-31(3,4)30(37)38)28-24(33)17-34-27(35-28)14-19-7-8-22(23(32)13-19)20-9-11-36(5)12-10-20/h7-8,13,15-18,20H,9-12,14H2,1-6H3. The van der Waals surface area contributed by atoms with E-state index in [1.54, 1.807) is 30.9 Å². The van der Waals surface area contributed by atoms with Gasteiger partial charge in [-0.25, -0.2) is 18.7 Å². The zero-order valence-electron chi connectivity index (χ0n) is 23.9. The first-order valence-electron chi connectivity index (χ1n) is 13.7. The molecular formula is C31H36F2N4O3. The number of benzene rings is 2. The van der Waals surface area contributed by atoms with Gasteiger partial charge in [-0.1, -0.05) is 12.1 Å². The van der Waals surface area contributed by atoms with Crippen molar-refractivity contribution >= 4 is 11.6 Å². The Morgan fingerprint density at radius 1 is 1.12 bits per heavy atom. The zero-order chi connectivity index (χ0) is 28.8. The van der Waals surface area contributed by atoms with Gasteiger partial charge in [0.2, 0.25) is 0 Å². The number of fused-ring (bicyclic) bond motifs is 1. The summed E-state index contributed by atoms with van der Waals surface area (Å²) in [5.74, 6) is 0.302. The molecular weight excluding hydrogens is 514 g/mol. The van der Waals surface area contributed by atoms with Crippen LogP contribution in [0.1, 0.15) is 63.4 Å². The molecule has 1 fully saturated rings. The van der Waals surface area contributed by atoms with Gasteiger partial charge in [0.15, 0.2) is 22.9 Å². The summed E-state index contributed by atoms with van der Waals surface area (Å²) in [6, 6.07) is 8.46. The van der Waals surface area contributed by atoms with Gasteiger partial charge in [0, 0.05) is 18.0 Å². The van der Waals surface area contributed by atoms with E-state index in [1.807, 2.05) is 26.0 Å². The van der Waals surface area contributed by atoms with Gasteiger partial charge in [0.1, 0.15) is 17.3 Å². The van der Waals surface area contributed by atoms with Gasteiger partial charge in [0.25, 0.3) is 5.91 Å². The van der Waals surface area contributed by atoms with Crippen LogP contribution < -0.4 is 14.4 Å². The van der Waals surface area contributed by atoms with Crippen molar-refractivity contribution in [1.82, 2.24) is 14.9 Å². The van der Waals surface area contributed by atoms with Gasteiger partial charge in [-0.05, 0) is 95.9 Å². The van der Waals surface area contributed by atoms with Crippen molar-refractivity contribution in [2.24, 2.45) is 0 Å². The lowest BCUT2D eigenvalue weighted by atomic mass is 9.88. The molecule has 5 rings (SSSR count). The fourth-order valence-electron chi connectivity index (χ4n) is 5.57. The second-order valence-corrected chi connectivity index (χ2v) is 11.5. The molecule has 40 heavy (non-hydrogen) atoms. The number of carbonyl (C=O) groups is 1. The molecule has 2 aliphatic rings. The third-order valence-electron chi connectivity index (χ3n) is 7.78. The number of carbonyl (C=O) groups excluding carboxylic acids is 1. The maximum atomic E-state index is 15.1. The first-order chi connectivity index (χ1) is 19.0. The van der Waals surface area contributed by atoms with E-state index in [4.69, 9.17) is 9.47 Å². The van der Waals surface area contributed by atoms with Gasteiger partial charge in [-0.2, -0.15) is 0 Å². The van der Waals surface area contributed by atoms with Crippen molar-refractivity contribution in [1.29, 1.82) is 0 Å². The molecule has 0 unspecified atom stereocenters. The summed E-state index contributed by atoms with van der Waals surface area (Å²) in [4.78, 5) is 25.8. The Bertz CT molecular complexity index is 1430. The lowest BCUT2D eigenvalue weighted by Gasteiger charge is -2.41. The highest BCUT2D eigenvalue weighted by Gasteiger charge is 2.43. The van der Waals surface area contributed by atoms with Gasteiger partial charge in [-0.15, -0.1) is 0 Å². The summed E-state index contributed by atoms with van der Waals surface area (Å²) in [5, 5.41) is 0. The molecule has 2 aliphatic heterocycles. The van der Waals surface area contributed by atoms with E-state index in [-0.39, 0.29) is 35.8 Å². The van der Waals surface area contributed by atoms with Crippen LogP contribution in [0.3, 0.4) is 0 Å². The number of halogens is 2. The number of piperidine rings is 1. The van der Waals surface area contributed by atoms with E-state index in [2.05, 4.69) is 21.9 Å². The van der Waals surface area contributed by atoms with Gasteiger partial charge < -0.3 is 19.3 Å². The second-order valence-electron chi connectivity index (χ2n) is 11.5. The molecule has 0 spiro atoms. The minimum Gasteiger partial charge on any atom is -0.493 e. The van der Waals surface area contributed by atoms with E-state index in [9.17, 15) is 4.79 Å². The van der Waals surface area contributed by atoms with Crippen molar-refractivity contribution in [2.75, 3.05) is 32.1 Å². The molecule has 3 heterocycles. The third-order valence-corrected chi connectivity index (χ3v) is 7.78. The predicted molar refractivity (Wildman–Crippen MR) is 150 cm³/mol. The molecule has 7 nitrogen and oxygen atoms in total. The van der Waals surface area contributed by atoms with E-state index >= 15 is 8.78 Å². The molecule has 1 amide bonds. The fourth-order valence-corrected chi connectivity index (χ4v) is 5.57. The highest BCUT2D eigenvalue weighted by Crippen LogP contribution is 2.47. The summed E-state index contributed by atoms with van der Waals surface area (Å²) in [6.07, 6.45) is 3.24. The van der Waals surface area contributed by atoms with Crippen molar-refractivity contribution < 1.29 is 23.0 Å². The normalized spacial score (nSPS) is 17.6. The molecule has 1 aromatic heterocycles. The predicted octanol–water partition coefficient (Wildman–Crippen LogP) is 5.74. The molecule has 0 N–H and O–H groups in total. The van der Waals surface area contributed by atoms with Crippen LogP contribution in [0, 0.1) is 11.6 Å². The molecule has 3 aromatic rings. The molecule has 2 aromatic carbocycles. The maximum absolute atomic E-state index is 15.1. The summed E-state index contributed by atoms with van der Waals surface area (Å²) >= 11 is 0. The Labute approximate surface area is 234 Å². The zero-order valence-corrected chi connectivity index (χ0v) is 23.9. The minimum absolute atomic E-state index is 0.0653. The molecule has 0 bridgehead atoms. The summed E-state index contributed by atoms with van der Waals surface area (Å²) < 4.78 is 41.9.